The van der Waals surface area contributed by atoms with Crippen molar-refractivity contribution in [2.45, 2.75) is 58.2 Å². The monoisotopic (exact) mass is 390 g/mol. The lowest BCUT2D eigenvalue weighted by molar-refractivity contribution is -0.115. The first-order chi connectivity index (χ1) is 13.4. The van der Waals surface area contributed by atoms with Gasteiger partial charge in [-0.25, -0.2) is 4.79 Å². The first-order valence-corrected chi connectivity index (χ1v) is 9.37. The summed E-state index contributed by atoms with van der Waals surface area (Å²) in [7, 11) is 0. The quantitative estimate of drug-likeness (QED) is 0.591. The summed E-state index contributed by atoms with van der Waals surface area (Å²) in [6.45, 7) is 6.10. The Morgan fingerprint density at radius 1 is 1.36 bits per heavy atom. The first-order valence-electron chi connectivity index (χ1n) is 9.37. The predicted octanol–water partition coefficient (Wildman–Crippen LogP) is 1.82. The van der Waals surface area contributed by atoms with Crippen LogP contribution in [0.4, 0.5) is 10.6 Å². The van der Waals surface area contributed by atoms with Crippen molar-refractivity contribution < 1.29 is 18.8 Å². The molecule has 1 aliphatic heterocycles. The van der Waals surface area contributed by atoms with Crippen LogP contribution in [-0.2, 0) is 16.0 Å². The lowest BCUT2D eigenvalue weighted by Crippen LogP contribution is -2.50. The fraction of sp³-hybridized carbons (Fsp3) is 0.556. The summed E-state index contributed by atoms with van der Waals surface area (Å²) in [6.07, 6.45) is 1.06. The highest BCUT2D eigenvalue weighted by Gasteiger charge is 2.25. The van der Waals surface area contributed by atoms with E-state index in [1.165, 1.54) is 0 Å². The van der Waals surface area contributed by atoms with Gasteiger partial charge in [0.15, 0.2) is 5.82 Å². The van der Waals surface area contributed by atoms with Gasteiger partial charge in [-0.05, 0) is 33.6 Å². The van der Waals surface area contributed by atoms with Crippen LogP contribution in [0.2, 0.25) is 0 Å². The average molecular weight is 390 g/mol. The summed E-state index contributed by atoms with van der Waals surface area (Å²) in [5.41, 5.74) is 1.67. The molecule has 0 aliphatic carbocycles. The Morgan fingerprint density at radius 2 is 2.18 bits per heavy atom. The summed E-state index contributed by atoms with van der Waals surface area (Å²) in [4.78, 5) is 23.8. The second-order valence-electron chi connectivity index (χ2n) is 7.20. The third-order valence-corrected chi connectivity index (χ3v) is 4.37. The minimum Gasteiger partial charge on any atom is -0.447 e. The van der Waals surface area contributed by atoms with Crippen LogP contribution in [-0.4, -0.2) is 46.2 Å². The van der Waals surface area contributed by atoms with Crippen molar-refractivity contribution in [2.24, 2.45) is 0 Å². The zero-order chi connectivity index (χ0) is 20.1. The third kappa shape index (κ3) is 5.56. The molecule has 0 radical (unpaired) electrons. The van der Waals surface area contributed by atoms with E-state index in [2.05, 4.69) is 31.3 Å². The number of nitrogens with zero attached hydrogens (tertiary/aromatic N) is 2. The fourth-order valence-electron chi connectivity index (χ4n) is 3.09. The standard InChI is InChI=1S/C18H26N6O4/c1-10(2)27-18(26)21-15-5-4-12(9-19-15)14-8-16(23-22-14)20-17(25)7-13-6-11(3)24-28-13/h6,8,10,12,15,19H,4-5,7,9H2,1-3H3,(H,21,26)(H2,20,22,23,25)/t12-,15+/m1/s1. The molecule has 0 spiro atoms. The maximum absolute atomic E-state index is 12.1. The number of anilines is 1. The topological polar surface area (TPSA) is 134 Å². The number of aromatic amines is 1. The molecule has 2 aromatic heterocycles. The fourth-order valence-corrected chi connectivity index (χ4v) is 3.09. The van der Waals surface area contributed by atoms with Gasteiger partial charge in [-0.15, -0.1) is 0 Å². The lowest BCUT2D eigenvalue weighted by Gasteiger charge is -2.29. The molecule has 152 valence electrons. The van der Waals surface area contributed by atoms with Gasteiger partial charge in [0.25, 0.3) is 0 Å². The summed E-state index contributed by atoms with van der Waals surface area (Å²) < 4.78 is 10.1. The van der Waals surface area contributed by atoms with Crippen molar-refractivity contribution in [2.75, 3.05) is 11.9 Å². The molecule has 3 heterocycles. The number of piperidine rings is 1. The highest BCUT2D eigenvalue weighted by Crippen LogP contribution is 2.25. The van der Waals surface area contributed by atoms with Crippen LogP contribution in [0.25, 0.3) is 0 Å². The molecule has 3 rings (SSSR count). The Kier molecular flexibility index (Phi) is 6.30. The SMILES string of the molecule is Cc1cc(CC(=O)Nc2cc([C@@H]3CC[C@H](NC(=O)OC(C)C)NC3)[nH]n2)on1. The van der Waals surface area contributed by atoms with Crippen LogP contribution < -0.4 is 16.0 Å². The van der Waals surface area contributed by atoms with Gasteiger partial charge in [-0.1, -0.05) is 5.16 Å². The van der Waals surface area contributed by atoms with E-state index >= 15 is 0 Å². The van der Waals surface area contributed by atoms with Crippen molar-refractivity contribution >= 4 is 17.8 Å². The number of aromatic nitrogens is 3. The van der Waals surface area contributed by atoms with E-state index < -0.39 is 6.09 Å². The molecule has 2 aromatic rings. The van der Waals surface area contributed by atoms with Crippen LogP contribution >= 0.6 is 0 Å². The Hall–Kier alpha value is -2.88. The zero-order valence-electron chi connectivity index (χ0n) is 16.2. The van der Waals surface area contributed by atoms with Gasteiger partial charge in [0.2, 0.25) is 5.91 Å². The van der Waals surface area contributed by atoms with E-state index in [1.54, 1.807) is 13.0 Å². The van der Waals surface area contributed by atoms with Crippen molar-refractivity contribution in [3.63, 3.8) is 0 Å². The molecule has 10 nitrogen and oxygen atoms in total. The zero-order valence-corrected chi connectivity index (χ0v) is 16.2. The summed E-state index contributed by atoms with van der Waals surface area (Å²) in [5.74, 6) is 0.979. The van der Waals surface area contributed by atoms with Gasteiger partial charge >= 0.3 is 6.09 Å². The van der Waals surface area contributed by atoms with Crippen LogP contribution in [0, 0.1) is 6.92 Å². The van der Waals surface area contributed by atoms with E-state index in [0.29, 0.717) is 18.1 Å². The van der Waals surface area contributed by atoms with Crippen LogP contribution in [0.1, 0.15) is 49.8 Å². The number of rotatable bonds is 6. The van der Waals surface area contributed by atoms with E-state index in [1.807, 2.05) is 19.9 Å². The average Bonchev–Trinajstić information content (AvgIpc) is 3.24. The number of hydrogen-bond donors (Lipinski definition) is 4. The van der Waals surface area contributed by atoms with Crippen molar-refractivity contribution in [1.29, 1.82) is 0 Å². The number of carbonyl (C=O) groups excluding carboxylic acids is 2. The molecular formula is C18H26N6O4. The molecule has 4 N–H and O–H groups in total. The van der Waals surface area contributed by atoms with Crippen molar-refractivity contribution in [3.8, 4) is 0 Å². The maximum atomic E-state index is 12.1. The second-order valence-corrected chi connectivity index (χ2v) is 7.20. The molecule has 0 unspecified atom stereocenters. The molecule has 1 fully saturated rings. The lowest BCUT2D eigenvalue weighted by atomic mass is 9.95. The molecule has 10 heteroatoms. The second kappa shape index (κ2) is 8.87. The highest BCUT2D eigenvalue weighted by atomic mass is 16.6. The minimum atomic E-state index is -0.417. The molecule has 0 saturated carbocycles. The van der Waals surface area contributed by atoms with Crippen LogP contribution in [0.3, 0.4) is 0 Å². The molecule has 1 aliphatic rings. The Balaban J connectivity index is 1.45. The summed E-state index contributed by atoms with van der Waals surface area (Å²) >= 11 is 0. The van der Waals surface area contributed by atoms with Gasteiger partial charge in [0, 0.05) is 30.3 Å². The van der Waals surface area contributed by atoms with E-state index in [9.17, 15) is 9.59 Å². The van der Waals surface area contributed by atoms with Crippen molar-refractivity contribution in [1.82, 2.24) is 26.0 Å². The van der Waals surface area contributed by atoms with Crippen LogP contribution in [0.5, 0.6) is 0 Å². The highest BCUT2D eigenvalue weighted by molar-refractivity contribution is 5.91. The van der Waals surface area contributed by atoms with E-state index in [0.717, 1.165) is 24.2 Å². The Labute approximate surface area is 162 Å². The number of ether oxygens (including phenoxy) is 1. The minimum absolute atomic E-state index is 0.105. The van der Waals surface area contributed by atoms with Crippen molar-refractivity contribution in [3.05, 3.63) is 29.3 Å². The number of nitrogens with one attached hydrogen (secondary N) is 4. The number of hydrogen-bond acceptors (Lipinski definition) is 7. The number of carbonyl (C=O) groups is 2. The summed E-state index contributed by atoms with van der Waals surface area (Å²) in [6, 6.07) is 3.56. The number of H-pyrrole nitrogens is 1. The van der Waals surface area contributed by atoms with Gasteiger partial charge < -0.3 is 19.9 Å². The predicted molar refractivity (Wildman–Crippen MR) is 101 cm³/mol. The summed E-state index contributed by atoms with van der Waals surface area (Å²) in [5, 5.41) is 19.7. The molecule has 2 atom stereocenters. The molecule has 28 heavy (non-hydrogen) atoms. The van der Waals surface area contributed by atoms with Gasteiger partial charge in [-0.3, -0.25) is 15.2 Å². The Bertz CT molecular complexity index is 807. The largest absolute Gasteiger partial charge is 0.447 e. The third-order valence-electron chi connectivity index (χ3n) is 4.37. The molecule has 2 amide bonds. The van der Waals surface area contributed by atoms with Gasteiger partial charge in [0.05, 0.1) is 24.4 Å². The van der Waals surface area contributed by atoms with E-state index in [-0.39, 0.29) is 30.5 Å². The number of aryl methyl sites for hydroxylation is 1. The molecule has 0 aromatic carbocycles. The Morgan fingerprint density at radius 3 is 2.82 bits per heavy atom. The molecule has 0 bridgehead atoms. The molecule has 1 saturated heterocycles. The molecular weight excluding hydrogens is 364 g/mol. The number of amides is 2. The smallest absolute Gasteiger partial charge is 0.408 e. The maximum Gasteiger partial charge on any atom is 0.408 e. The van der Waals surface area contributed by atoms with Gasteiger partial charge in [0.1, 0.15) is 5.76 Å². The van der Waals surface area contributed by atoms with Crippen LogP contribution in [0.15, 0.2) is 16.7 Å². The normalized spacial score (nSPS) is 19.4. The van der Waals surface area contributed by atoms with E-state index in [4.69, 9.17) is 9.26 Å². The van der Waals surface area contributed by atoms with Gasteiger partial charge in [-0.2, -0.15) is 5.10 Å². The first kappa shape index (κ1) is 19.9. The number of alkyl carbamates (subject to hydrolysis) is 1.